The topological polar surface area (TPSA) is 44.9 Å². The molecule has 1 aromatic rings. The summed E-state index contributed by atoms with van der Waals surface area (Å²) in [5.41, 5.74) is 5.91. The molecule has 0 aromatic carbocycles. The summed E-state index contributed by atoms with van der Waals surface area (Å²) in [6, 6.07) is 4.02. The molecule has 1 aliphatic rings. The molecule has 0 radical (unpaired) electrons. The largest absolute Gasteiger partial charge is 0.383 e. The van der Waals surface area contributed by atoms with Crippen LogP contribution in [0, 0.1) is 0 Å². The van der Waals surface area contributed by atoms with Gasteiger partial charge in [0, 0.05) is 32.7 Å². The molecule has 1 aromatic heterocycles. The summed E-state index contributed by atoms with van der Waals surface area (Å²) in [4.78, 5) is 10.3. The zero-order valence-electron chi connectivity index (χ0n) is 10.3. The van der Waals surface area contributed by atoms with E-state index in [0.29, 0.717) is 5.84 Å². The van der Waals surface area contributed by atoms with Crippen molar-refractivity contribution >= 4 is 17.2 Å². The monoisotopic (exact) mass is 252 g/mol. The number of hydrogen-bond donors (Lipinski definition) is 1. The second-order valence-corrected chi connectivity index (χ2v) is 5.34. The predicted molar refractivity (Wildman–Crippen MR) is 73.8 cm³/mol. The molecule has 2 heterocycles. The van der Waals surface area contributed by atoms with E-state index in [2.05, 4.69) is 21.8 Å². The molecule has 0 spiro atoms. The molecule has 0 bridgehead atoms. The SMILES string of the molecule is CN1CCN(CCN=C(N)c2cccs2)CC1. The van der Waals surface area contributed by atoms with Crippen molar-refractivity contribution in [3.8, 4) is 0 Å². The van der Waals surface area contributed by atoms with Gasteiger partial charge in [0.2, 0.25) is 0 Å². The lowest BCUT2D eigenvalue weighted by Crippen LogP contribution is -2.45. The van der Waals surface area contributed by atoms with Gasteiger partial charge in [-0.15, -0.1) is 11.3 Å². The lowest BCUT2D eigenvalue weighted by Gasteiger charge is -2.31. The van der Waals surface area contributed by atoms with Crippen LogP contribution in [0.4, 0.5) is 0 Å². The molecule has 1 saturated heterocycles. The van der Waals surface area contributed by atoms with Gasteiger partial charge in [-0.2, -0.15) is 0 Å². The van der Waals surface area contributed by atoms with Crippen LogP contribution in [0.3, 0.4) is 0 Å². The highest BCUT2D eigenvalue weighted by Crippen LogP contribution is 2.07. The Hall–Kier alpha value is -0.910. The Morgan fingerprint density at radius 2 is 2.18 bits per heavy atom. The van der Waals surface area contributed by atoms with E-state index in [1.807, 2.05) is 17.5 Å². The van der Waals surface area contributed by atoms with Crippen molar-refractivity contribution in [1.29, 1.82) is 0 Å². The second-order valence-electron chi connectivity index (χ2n) is 4.39. The average molecular weight is 252 g/mol. The number of aliphatic imine (C=N–C) groups is 1. The molecule has 2 rings (SSSR count). The Balaban J connectivity index is 1.74. The first kappa shape index (κ1) is 12.5. The van der Waals surface area contributed by atoms with E-state index in [4.69, 9.17) is 5.73 Å². The number of nitrogens with two attached hydrogens (primary N) is 1. The van der Waals surface area contributed by atoms with E-state index >= 15 is 0 Å². The summed E-state index contributed by atoms with van der Waals surface area (Å²) in [7, 11) is 2.17. The Labute approximate surface area is 107 Å². The number of hydrogen-bond acceptors (Lipinski definition) is 4. The average Bonchev–Trinajstić information content (AvgIpc) is 2.85. The first-order valence-corrected chi connectivity index (χ1v) is 6.88. The first-order chi connectivity index (χ1) is 8.25. The van der Waals surface area contributed by atoms with E-state index in [1.165, 1.54) is 0 Å². The maximum Gasteiger partial charge on any atom is 0.135 e. The third-order valence-corrected chi connectivity index (χ3v) is 3.96. The number of piperazine rings is 1. The molecule has 94 valence electrons. The Bertz CT molecular complexity index is 353. The van der Waals surface area contributed by atoms with Crippen molar-refractivity contribution in [2.75, 3.05) is 46.3 Å². The van der Waals surface area contributed by atoms with E-state index in [1.54, 1.807) is 11.3 Å². The molecule has 2 N–H and O–H groups in total. The lowest BCUT2D eigenvalue weighted by atomic mass is 10.3. The Morgan fingerprint density at radius 1 is 1.41 bits per heavy atom. The minimum Gasteiger partial charge on any atom is -0.383 e. The zero-order valence-corrected chi connectivity index (χ0v) is 11.1. The third kappa shape index (κ3) is 3.80. The van der Waals surface area contributed by atoms with Crippen molar-refractivity contribution in [2.45, 2.75) is 0 Å². The Kier molecular flexibility index (Phi) is 4.53. The van der Waals surface area contributed by atoms with Crippen LogP contribution in [0.2, 0.25) is 0 Å². The van der Waals surface area contributed by atoms with Crippen LogP contribution in [-0.2, 0) is 0 Å². The highest BCUT2D eigenvalue weighted by Gasteiger charge is 2.12. The van der Waals surface area contributed by atoms with Gasteiger partial charge in [-0.1, -0.05) is 6.07 Å². The van der Waals surface area contributed by atoms with Gasteiger partial charge >= 0.3 is 0 Å². The standard InChI is InChI=1S/C12H20N4S/c1-15-6-8-16(9-7-15)5-4-14-12(13)11-3-2-10-17-11/h2-3,10H,4-9H2,1H3,(H2,13,14). The summed E-state index contributed by atoms with van der Waals surface area (Å²) >= 11 is 1.64. The number of amidine groups is 1. The van der Waals surface area contributed by atoms with Crippen LogP contribution in [0.15, 0.2) is 22.5 Å². The van der Waals surface area contributed by atoms with Crippen molar-refractivity contribution in [3.63, 3.8) is 0 Å². The van der Waals surface area contributed by atoms with E-state index < -0.39 is 0 Å². The van der Waals surface area contributed by atoms with Gasteiger partial charge in [-0.25, -0.2) is 0 Å². The zero-order chi connectivity index (χ0) is 12.1. The fourth-order valence-corrected chi connectivity index (χ4v) is 2.53. The minimum absolute atomic E-state index is 0.675. The smallest absolute Gasteiger partial charge is 0.135 e. The molecular weight excluding hydrogens is 232 g/mol. The third-order valence-electron chi connectivity index (χ3n) is 3.07. The van der Waals surface area contributed by atoms with Gasteiger partial charge in [0.1, 0.15) is 5.84 Å². The number of rotatable bonds is 4. The van der Waals surface area contributed by atoms with Crippen molar-refractivity contribution in [2.24, 2.45) is 10.7 Å². The number of thiophene rings is 1. The van der Waals surface area contributed by atoms with Gasteiger partial charge in [0.15, 0.2) is 0 Å². The van der Waals surface area contributed by atoms with Gasteiger partial charge in [0.25, 0.3) is 0 Å². The molecule has 0 amide bonds. The Morgan fingerprint density at radius 3 is 2.82 bits per heavy atom. The molecule has 4 nitrogen and oxygen atoms in total. The molecule has 1 aliphatic heterocycles. The van der Waals surface area contributed by atoms with Crippen LogP contribution in [-0.4, -0.2) is 62.0 Å². The molecule has 1 fully saturated rings. The summed E-state index contributed by atoms with van der Waals surface area (Å²) < 4.78 is 0. The summed E-state index contributed by atoms with van der Waals surface area (Å²) in [5.74, 6) is 0.675. The predicted octanol–water partition coefficient (Wildman–Crippen LogP) is 0.701. The molecule has 0 unspecified atom stereocenters. The van der Waals surface area contributed by atoms with Crippen LogP contribution < -0.4 is 5.73 Å². The van der Waals surface area contributed by atoms with Crippen molar-refractivity contribution in [3.05, 3.63) is 22.4 Å². The summed E-state index contributed by atoms with van der Waals surface area (Å²) in [5, 5.41) is 2.03. The highest BCUT2D eigenvalue weighted by atomic mass is 32.1. The van der Waals surface area contributed by atoms with Crippen molar-refractivity contribution in [1.82, 2.24) is 9.80 Å². The molecule has 0 aliphatic carbocycles. The van der Waals surface area contributed by atoms with Gasteiger partial charge in [-0.3, -0.25) is 9.89 Å². The van der Waals surface area contributed by atoms with Crippen LogP contribution >= 0.6 is 11.3 Å². The number of likely N-dealkylation sites (N-methyl/N-ethyl adjacent to an activating group) is 1. The highest BCUT2D eigenvalue weighted by molar-refractivity contribution is 7.12. The van der Waals surface area contributed by atoms with Gasteiger partial charge in [-0.05, 0) is 18.5 Å². The number of nitrogens with zero attached hydrogens (tertiary/aromatic N) is 3. The van der Waals surface area contributed by atoms with E-state index in [9.17, 15) is 0 Å². The van der Waals surface area contributed by atoms with Crippen LogP contribution in [0.25, 0.3) is 0 Å². The molecule has 17 heavy (non-hydrogen) atoms. The van der Waals surface area contributed by atoms with Crippen LogP contribution in [0.1, 0.15) is 4.88 Å². The normalized spacial score (nSPS) is 19.7. The first-order valence-electron chi connectivity index (χ1n) is 6.00. The van der Waals surface area contributed by atoms with E-state index in [0.717, 1.165) is 44.1 Å². The summed E-state index contributed by atoms with van der Waals surface area (Å²) in [6.07, 6.45) is 0. The molecule has 5 heteroatoms. The lowest BCUT2D eigenvalue weighted by molar-refractivity contribution is 0.157. The molecule has 0 atom stereocenters. The van der Waals surface area contributed by atoms with Gasteiger partial charge < -0.3 is 10.6 Å². The van der Waals surface area contributed by atoms with Crippen molar-refractivity contribution < 1.29 is 0 Å². The maximum absolute atomic E-state index is 5.91. The molecular formula is C12H20N4S. The van der Waals surface area contributed by atoms with E-state index in [-0.39, 0.29) is 0 Å². The fraction of sp³-hybridized carbons (Fsp3) is 0.583. The minimum atomic E-state index is 0.675. The quantitative estimate of drug-likeness (QED) is 0.634. The van der Waals surface area contributed by atoms with Gasteiger partial charge in [0.05, 0.1) is 11.4 Å². The second kappa shape index (κ2) is 6.14. The van der Waals surface area contributed by atoms with Crippen LogP contribution in [0.5, 0.6) is 0 Å². The molecule has 0 saturated carbocycles. The maximum atomic E-state index is 5.91. The fourth-order valence-electron chi connectivity index (χ4n) is 1.89. The summed E-state index contributed by atoms with van der Waals surface area (Å²) in [6.45, 7) is 6.41.